The van der Waals surface area contributed by atoms with Gasteiger partial charge in [0.05, 0.1) is 17.7 Å². The molecule has 0 aromatic heterocycles. The van der Waals surface area contributed by atoms with Gasteiger partial charge in [-0.05, 0) is 44.5 Å². The second-order valence-corrected chi connectivity index (χ2v) is 5.12. The highest BCUT2D eigenvalue weighted by atomic mass is 35.5. The molecule has 1 rings (SSSR count). The molecule has 0 saturated carbocycles. The summed E-state index contributed by atoms with van der Waals surface area (Å²) in [6, 6.07) is 5.90. The number of hydrogen-bond acceptors (Lipinski definition) is 3. The molecule has 1 N–H and O–H groups in total. The van der Waals surface area contributed by atoms with E-state index < -0.39 is 0 Å². The van der Waals surface area contributed by atoms with Crippen molar-refractivity contribution in [2.24, 2.45) is 0 Å². The summed E-state index contributed by atoms with van der Waals surface area (Å²) in [5.41, 5.74) is 1.17. The third-order valence-electron chi connectivity index (χ3n) is 2.54. The van der Waals surface area contributed by atoms with Crippen LogP contribution in [0.5, 0.6) is 5.75 Å². The van der Waals surface area contributed by atoms with E-state index in [1.807, 2.05) is 32.0 Å². The van der Waals surface area contributed by atoms with E-state index in [1.54, 1.807) is 0 Å². The zero-order valence-electron chi connectivity index (χ0n) is 12.0. The van der Waals surface area contributed by atoms with Gasteiger partial charge in [-0.3, -0.25) is 0 Å². The monoisotopic (exact) mass is 285 g/mol. The molecule has 4 heteroatoms. The quantitative estimate of drug-likeness (QED) is 0.703. The van der Waals surface area contributed by atoms with Crippen molar-refractivity contribution in [3.8, 4) is 5.75 Å². The van der Waals surface area contributed by atoms with Crippen LogP contribution < -0.4 is 10.1 Å². The Morgan fingerprint density at radius 2 is 2.05 bits per heavy atom. The van der Waals surface area contributed by atoms with Crippen LogP contribution in [0, 0.1) is 0 Å². The van der Waals surface area contributed by atoms with Gasteiger partial charge in [-0.25, -0.2) is 0 Å². The SMILES string of the molecule is CCCNCc1ccc(OCCOC(C)C)c(Cl)c1. The minimum Gasteiger partial charge on any atom is -0.490 e. The van der Waals surface area contributed by atoms with Gasteiger partial charge < -0.3 is 14.8 Å². The molecule has 0 atom stereocenters. The van der Waals surface area contributed by atoms with E-state index in [0.717, 1.165) is 19.5 Å². The van der Waals surface area contributed by atoms with Gasteiger partial charge in [0.25, 0.3) is 0 Å². The molecule has 19 heavy (non-hydrogen) atoms. The molecule has 0 heterocycles. The number of hydrogen-bond donors (Lipinski definition) is 1. The first-order valence-electron chi connectivity index (χ1n) is 6.87. The third-order valence-corrected chi connectivity index (χ3v) is 2.84. The average molecular weight is 286 g/mol. The van der Waals surface area contributed by atoms with Crippen molar-refractivity contribution in [2.75, 3.05) is 19.8 Å². The summed E-state index contributed by atoms with van der Waals surface area (Å²) in [6.07, 6.45) is 1.36. The first-order chi connectivity index (χ1) is 9.13. The highest BCUT2D eigenvalue weighted by molar-refractivity contribution is 6.32. The largest absolute Gasteiger partial charge is 0.490 e. The van der Waals surface area contributed by atoms with Gasteiger partial charge in [0.1, 0.15) is 12.4 Å². The molecule has 0 aliphatic rings. The van der Waals surface area contributed by atoms with Gasteiger partial charge in [0.2, 0.25) is 0 Å². The molecule has 1 aromatic carbocycles. The summed E-state index contributed by atoms with van der Waals surface area (Å²) in [5, 5.41) is 4.00. The van der Waals surface area contributed by atoms with E-state index in [2.05, 4.69) is 12.2 Å². The van der Waals surface area contributed by atoms with Gasteiger partial charge >= 0.3 is 0 Å². The molecule has 0 aliphatic carbocycles. The van der Waals surface area contributed by atoms with E-state index in [4.69, 9.17) is 21.1 Å². The molecule has 0 bridgehead atoms. The van der Waals surface area contributed by atoms with Gasteiger partial charge in [0.15, 0.2) is 0 Å². The molecule has 1 aromatic rings. The predicted molar refractivity (Wildman–Crippen MR) is 80.0 cm³/mol. The van der Waals surface area contributed by atoms with Gasteiger partial charge in [-0.2, -0.15) is 0 Å². The highest BCUT2D eigenvalue weighted by Crippen LogP contribution is 2.25. The Hall–Kier alpha value is -0.770. The van der Waals surface area contributed by atoms with E-state index in [-0.39, 0.29) is 6.10 Å². The van der Waals surface area contributed by atoms with Gasteiger partial charge in [0, 0.05) is 6.54 Å². The molecule has 0 aliphatic heterocycles. The number of ether oxygens (including phenoxy) is 2. The third kappa shape index (κ3) is 6.81. The number of nitrogens with one attached hydrogen (secondary N) is 1. The molecular weight excluding hydrogens is 262 g/mol. The van der Waals surface area contributed by atoms with Gasteiger partial charge in [-0.1, -0.05) is 24.6 Å². The van der Waals surface area contributed by atoms with Crippen LogP contribution in [0.2, 0.25) is 5.02 Å². The summed E-state index contributed by atoms with van der Waals surface area (Å²) in [4.78, 5) is 0. The number of halogens is 1. The highest BCUT2D eigenvalue weighted by Gasteiger charge is 2.03. The van der Waals surface area contributed by atoms with Crippen molar-refractivity contribution in [3.05, 3.63) is 28.8 Å². The van der Waals surface area contributed by atoms with Crippen LogP contribution in [-0.2, 0) is 11.3 Å². The molecule has 0 fully saturated rings. The Morgan fingerprint density at radius 1 is 1.26 bits per heavy atom. The number of benzene rings is 1. The molecule has 0 amide bonds. The van der Waals surface area contributed by atoms with Crippen molar-refractivity contribution in [3.63, 3.8) is 0 Å². The normalized spacial score (nSPS) is 11.0. The van der Waals surface area contributed by atoms with Crippen LogP contribution in [0.4, 0.5) is 0 Å². The average Bonchev–Trinajstić information content (AvgIpc) is 2.36. The maximum absolute atomic E-state index is 6.19. The summed E-state index contributed by atoms with van der Waals surface area (Å²) in [7, 11) is 0. The molecule has 3 nitrogen and oxygen atoms in total. The molecule has 0 saturated heterocycles. The van der Waals surface area contributed by atoms with Crippen LogP contribution in [-0.4, -0.2) is 25.9 Å². The van der Waals surface area contributed by atoms with E-state index >= 15 is 0 Å². The van der Waals surface area contributed by atoms with E-state index in [1.165, 1.54) is 5.56 Å². The lowest BCUT2D eigenvalue weighted by molar-refractivity contribution is 0.0553. The summed E-state index contributed by atoms with van der Waals surface area (Å²) < 4.78 is 11.0. The lowest BCUT2D eigenvalue weighted by atomic mass is 10.2. The van der Waals surface area contributed by atoms with Crippen molar-refractivity contribution in [1.82, 2.24) is 5.32 Å². The summed E-state index contributed by atoms with van der Waals surface area (Å²) in [6.45, 7) is 9.11. The Labute approximate surface area is 121 Å². The Morgan fingerprint density at radius 3 is 2.68 bits per heavy atom. The number of rotatable bonds is 9. The first-order valence-corrected chi connectivity index (χ1v) is 7.24. The molecule has 0 unspecified atom stereocenters. The van der Waals surface area contributed by atoms with Crippen molar-refractivity contribution < 1.29 is 9.47 Å². The predicted octanol–water partition coefficient (Wildman–Crippen LogP) is 3.64. The Balaban J connectivity index is 2.39. The minimum absolute atomic E-state index is 0.228. The van der Waals surface area contributed by atoms with Crippen LogP contribution in [0.15, 0.2) is 18.2 Å². The lowest BCUT2D eigenvalue weighted by Crippen LogP contribution is -2.14. The fourth-order valence-corrected chi connectivity index (χ4v) is 1.87. The van der Waals surface area contributed by atoms with Crippen LogP contribution in [0.25, 0.3) is 0 Å². The van der Waals surface area contributed by atoms with Crippen LogP contribution in [0.3, 0.4) is 0 Å². The van der Waals surface area contributed by atoms with Gasteiger partial charge in [-0.15, -0.1) is 0 Å². The second-order valence-electron chi connectivity index (χ2n) is 4.71. The molecular formula is C15H24ClNO2. The second kappa shape index (κ2) is 9.18. The van der Waals surface area contributed by atoms with Crippen LogP contribution in [0.1, 0.15) is 32.8 Å². The summed E-state index contributed by atoms with van der Waals surface area (Å²) >= 11 is 6.19. The van der Waals surface area contributed by atoms with E-state index in [9.17, 15) is 0 Å². The lowest BCUT2D eigenvalue weighted by Gasteiger charge is -2.11. The van der Waals surface area contributed by atoms with Crippen molar-refractivity contribution in [1.29, 1.82) is 0 Å². The maximum atomic E-state index is 6.19. The zero-order valence-corrected chi connectivity index (χ0v) is 12.8. The standard InChI is InChI=1S/C15H24ClNO2/c1-4-7-17-11-13-5-6-15(14(16)10-13)19-9-8-18-12(2)3/h5-6,10,12,17H,4,7-9,11H2,1-3H3. The van der Waals surface area contributed by atoms with E-state index in [0.29, 0.717) is 24.0 Å². The first kappa shape index (κ1) is 16.3. The maximum Gasteiger partial charge on any atom is 0.138 e. The minimum atomic E-state index is 0.228. The smallest absolute Gasteiger partial charge is 0.138 e. The fourth-order valence-electron chi connectivity index (χ4n) is 1.62. The fraction of sp³-hybridized carbons (Fsp3) is 0.600. The topological polar surface area (TPSA) is 30.5 Å². The van der Waals surface area contributed by atoms with Crippen molar-refractivity contribution in [2.45, 2.75) is 39.8 Å². The molecule has 0 radical (unpaired) electrons. The summed E-state index contributed by atoms with van der Waals surface area (Å²) in [5.74, 6) is 0.716. The molecule has 108 valence electrons. The van der Waals surface area contributed by atoms with Crippen LogP contribution >= 0.6 is 11.6 Å². The zero-order chi connectivity index (χ0) is 14.1. The van der Waals surface area contributed by atoms with Crippen molar-refractivity contribution >= 4 is 11.6 Å². The Kier molecular flexibility index (Phi) is 7.87. The molecule has 0 spiro atoms. The Bertz CT molecular complexity index is 369.